The Balaban J connectivity index is 1.67. The molecule has 3 aromatic heterocycles. The highest BCUT2D eigenvalue weighted by Crippen LogP contribution is 2.36. The van der Waals surface area contributed by atoms with E-state index in [1.165, 1.54) is 5.56 Å². The van der Waals surface area contributed by atoms with E-state index in [0.717, 1.165) is 36.5 Å². The molecule has 7 heteroatoms. The molecular formula is C16H20N6O. The lowest BCUT2D eigenvalue weighted by Gasteiger charge is -2.17. The molecule has 23 heavy (non-hydrogen) atoms. The third-order valence-corrected chi connectivity index (χ3v) is 4.61. The van der Waals surface area contributed by atoms with Crippen LogP contribution in [0.25, 0.3) is 11.0 Å². The second-order valence-corrected chi connectivity index (χ2v) is 6.11. The number of aromatic nitrogens is 5. The Bertz CT molecular complexity index is 810. The van der Waals surface area contributed by atoms with Gasteiger partial charge in [0.25, 0.3) is 0 Å². The lowest BCUT2D eigenvalue weighted by Crippen LogP contribution is -2.22. The molecule has 0 aromatic carbocycles. The van der Waals surface area contributed by atoms with Gasteiger partial charge in [0.05, 0.1) is 18.2 Å². The van der Waals surface area contributed by atoms with Crippen molar-refractivity contribution in [2.24, 2.45) is 13.0 Å². The van der Waals surface area contributed by atoms with E-state index >= 15 is 0 Å². The summed E-state index contributed by atoms with van der Waals surface area (Å²) in [5, 5.41) is 5.39. The maximum Gasteiger partial charge on any atom is 0.142 e. The topological polar surface area (TPSA) is 71.9 Å². The quantitative estimate of drug-likeness (QED) is 0.791. The molecule has 4 rings (SSSR count). The van der Waals surface area contributed by atoms with Crippen LogP contribution >= 0.6 is 0 Å². The summed E-state index contributed by atoms with van der Waals surface area (Å²) in [4.78, 5) is 14.3. The number of hydrogen-bond acceptors (Lipinski definition) is 5. The van der Waals surface area contributed by atoms with Gasteiger partial charge in [0, 0.05) is 51.5 Å². The van der Waals surface area contributed by atoms with Gasteiger partial charge in [-0.2, -0.15) is 5.10 Å². The monoisotopic (exact) mass is 312 g/mol. The van der Waals surface area contributed by atoms with Gasteiger partial charge in [0.15, 0.2) is 0 Å². The number of hydrogen-bond donors (Lipinski definition) is 1. The number of H-pyrrole nitrogens is 1. The van der Waals surface area contributed by atoms with Crippen LogP contribution in [0.2, 0.25) is 0 Å². The Morgan fingerprint density at radius 3 is 3.04 bits per heavy atom. The Kier molecular flexibility index (Phi) is 3.49. The average molecular weight is 312 g/mol. The molecule has 1 N–H and O–H groups in total. The molecule has 0 saturated carbocycles. The highest BCUT2D eigenvalue weighted by Gasteiger charge is 2.35. The summed E-state index contributed by atoms with van der Waals surface area (Å²) in [6.07, 6.45) is 7.59. The zero-order chi connectivity index (χ0) is 15.8. The van der Waals surface area contributed by atoms with Gasteiger partial charge in [-0.15, -0.1) is 0 Å². The number of fused-ring (bicyclic) bond motifs is 1. The van der Waals surface area contributed by atoms with Gasteiger partial charge in [0.1, 0.15) is 17.8 Å². The second-order valence-electron chi connectivity index (χ2n) is 6.11. The van der Waals surface area contributed by atoms with Crippen molar-refractivity contribution < 1.29 is 4.74 Å². The van der Waals surface area contributed by atoms with Gasteiger partial charge in [-0.3, -0.25) is 4.68 Å². The number of rotatable bonds is 4. The molecule has 120 valence electrons. The van der Waals surface area contributed by atoms with Crippen molar-refractivity contribution in [2.75, 3.05) is 31.7 Å². The number of anilines is 1. The summed E-state index contributed by atoms with van der Waals surface area (Å²) in [7, 11) is 3.72. The number of aryl methyl sites for hydroxylation is 1. The summed E-state index contributed by atoms with van der Waals surface area (Å²) in [6.45, 7) is 2.57. The lowest BCUT2D eigenvalue weighted by atomic mass is 9.92. The summed E-state index contributed by atoms with van der Waals surface area (Å²) < 4.78 is 7.31. The number of ether oxygens (including phenoxy) is 1. The van der Waals surface area contributed by atoms with E-state index in [2.05, 4.69) is 31.1 Å². The third-order valence-electron chi connectivity index (χ3n) is 4.61. The van der Waals surface area contributed by atoms with Crippen LogP contribution in [-0.2, 0) is 11.8 Å². The van der Waals surface area contributed by atoms with E-state index in [4.69, 9.17) is 4.74 Å². The first-order valence-corrected chi connectivity index (χ1v) is 7.76. The van der Waals surface area contributed by atoms with E-state index in [1.54, 1.807) is 13.4 Å². The minimum Gasteiger partial charge on any atom is -0.384 e. The molecule has 0 spiro atoms. The molecular weight excluding hydrogens is 292 g/mol. The zero-order valence-corrected chi connectivity index (χ0v) is 13.3. The van der Waals surface area contributed by atoms with Crippen LogP contribution in [0.4, 0.5) is 5.82 Å². The molecule has 1 aliphatic rings. The van der Waals surface area contributed by atoms with Gasteiger partial charge >= 0.3 is 0 Å². The zero-order valence-electron chi connectivity index (χ0n) is 13.3. The minimum atomic E-state index is 0.396. The van der Waals surface area contributed by atoms with Gasteiger partial charge in [-0.1, -0.05) is 0 Å². The number of aromatic amines is 1. The predicted molar refractivity (Wildman–Crippen MR) is 87.4 cm³/mol. The van der Waals surface area contributed by atoms with Crippen LogP contribution in [0.15, 0.2) is 31.0 Å². The first kappa shape index (κ1) is 14.2. The molecule has 0 radical (unpaired) electrons. The summed E-state index contributed by atoms with van der Waals surface area (Å²) >= 11 is 0. The summed E-state index contributed by atoms with van der Waals surface area (Å²) in [6, 6.07) is 2.04. The molecule has 3 aromatic rings. The highest BCUT2D eigenvalue weighted by molar-refractivity contribution is 5.87. The first-order chi connectivity index (χ1) is 11.3. The normalized spacial score (nSPS) is 21.4. The maximum absolute atomic E-state index is 5.45. The molecule has 2 atom stereocenters. The Morgan fingerprint density at radius 1 is 1.35 bits per heavy atom. The predicted octanol–water partition coefficient (Wildman–Crippen LogP) is 1.56. The Labute approximate surface area is 134 Å². The average Bonchev–Trinajstić information content (AvgIpc) is 3.25. The number of nitrogens with zero attached hydrogens (tertiary/aromatic N) is 5. The fourth-order valence-electron chi connectivity index (χ4n) is 3.55. The third kappa shape index (κ3) is 2.46. The second kappa shape index (κ2) is 5.66. The Morgan fingerprint density at radius 2 is 2.26 bits per heavy atom. The minimum absolute atomic E-state index is 0.396. The summed E-state index contributed by atoms with van der Waals surface area (Å²) in [5.74, 6) is 1.81. The van der Waals surface area contributed by atoms with Crippen LogP contribution in [0, 0.1) is 5.92 Å². The van der Waals surface area contributed by atoms with Crippen LogP contribution in [0.1, 0.15) is 11.5 Å². The van der Waals surface area contributed by atoms with Crippen LogP contribution in [0.3, 0.4) is 0 Å². The molecule has 7 nitrogen and oxygen atoms in total. The van der Waals surface area contributed by atoms with Crippen molar-refractivity contribution in [3.63, 3.8) is 0 Å². The SMILES string of the molecule is COC[C@@H]1CN(c2ncnc3[nH]ccc23)C[C@H]1c1cnn(C)c1. The van der Waals surface area contributed by atoms with Crippen molar-refractivity contribution in [3.05, 3.63) is 36.5 Å². The van der Waals surface area contributed by atoms with Crippen molar-refractivity contribution in [1.29, 1.82) is 0 Å². The molecule has 1 saturated heterocycles. The van der Waals surface area contributed by atoms with Gasteiger partial charge < -0.3 is 14.6 Å². The van der Waals surface area contributed by atoms with Gasteiger partial charge in [-0.25, -0.2) is 9.97 Å². The van der Waals surface area contributed by atoms with Gasteiger partial charge in [-0.05, 0) is 11.6 Å². The van der Waals surface area contributed by atoms with Crippen LogP contribution in [0.5, 0.6) is 0 Å². The molecule has 1 aliphatic heterocycles. The largest absolute Gasteiger partial charge is 0.384 e. The molecule has 0 bridgehead atoms. The molecule has 0 unspecified atom stereocenters. The van der Waals surface area contributed by atoms with E-state index < -0.39 is 0 Å². The smallest absolute Gasteiger partial charge is 0.142 e. The standard InChI is InChI=1S/C16H20N6O/c1-21-6-11(5-20-21)14-8-22(7-12(14)9-23-2)16-13-3-4-17-15(13)18-10-19-16/h3-6,10,12,14H,7-9H2,1-2H3,(H,17,18,19)/t12-,14-/m0/s1. The van der Waals surface area contributed by atoms with Gasteiger partial charge in [0.2, 0.25) is 0 Å². The first-order valence-electron chi connectivity index (χ1n) is 7.76. The van der Waals surface area contributed by atoms with Crippen molar-refractivity contribution in [2.45, 2.75) is 5.92 Å². The Hall–Kier alpha value is -2.41. The fourth-order valence-corrected chi connectivity index (χ4v) is 3.55. The van der Waals surface area contributed by atoms with Crippen LogP contribution in [-0.4, -0.2) is 51.5 Å². The van der Waals surface area contributed by atoms with Crippen molar-refractivity contribution in [3.8, 4) is 0 Å². The fraction of sp³-hybridized carbons (Fsp3) is 0.438. The van der Waals surface area contributed by atoms with Crippen molar-refractivity contribution in [1.82, 2.24) is 24.7 Å². The molecule has 4 heterocycles. The lowest BCUT2D eigenvalue weighted by molar-refractivity contribution is 0.153. The van der Waals surface area contributed by atoms with E-state index in [9.17, 15) is 0 Å². The maximum atomic E-state index is 5.45. The van der Waals surface area contributed by atoms with E-state index in [0.29, 0.717) is 11.8 Å². The summed E-state index contributed by atoms with van der Waals surface area (Å²) in [5.41, 5.74) is 2.14. The van der Waals surface area contributed by atoms with Crippen LogP contribution < -0.4 is 4.90 Å². The molecule has 1 fully saturated rings. The van der Waals surface area contributed by atoms with Crippen molar-refractivity contribution >= 4 is 16.9 Å². The highest BCUT2D eigenvalue weighted by atomic mass is 16.5. The molecule has 0 amide bonds. The van der Waals surface area contributed by atoms with E-state index in [1.807, 2.05) is 30.2 Å². The number of methoxy groups -OCH3 is 1. The molecule has 0 aliphatic carbocycles. The number of nitrogens with one attached hydrogen (secondary N) is 1. The van der Waals surface area contributed by atoms with E-state index in [-0.39, 0.29) is 0 Å².